The number of barbiturate groups is 1. The van der Waals surface area contributed by atoms with E-state index in [1.807, 2.05) is 4.90 Å². The number of pyridine rings is 1. The molecule has 0 aliphatic carbocycles. The second kappa shape index (κ2) is 4.92. The Kier molecular flexibility index (Phi) is 3.09. The number of rotatable bonds is 0. The van der Waals surface area contributed by atoms with Crippen LogP contribution in [0.1, 0.15) is 24.8 Å². The van der Waals surface area contributed by atoms with Gasteiger partial charge in [0.25, 0.3) is 0 Å². The SMILES string of the molecule is O=C1NC(=O)C2(Cc3ccnc(Cl)c3N3CCCCC32)C(=O)N1. The van der Waals surface area contributed by atoms with Gasteiger partial charge in [-0.1, -0.05) is 11.6 Å². The number of carbonyl (C=O) groups is 3. The largest absolute Gasteiger partial charge is 0.364 e. The Morgan fingerprint density at radius 2 is 1.96 bits per heavy atom. The number of halogens is 1. The summed E-state index contributed by atoms with van der Waals surface area (Å²) in [6.45, 7) is 0.708. The maximum Gasteiger partial charge on any atom is 0.328 e. The fraction of sp³-hybridized carbons (Fsp3) is 0.467. The highest BCUT2D eigenvalue weighted by Gasteiger charge is 2.60. The van der Waals surface area contributed by atoms with Crippen molar-refractivity contribution in [1.82, 2.24) is 15.6 Å². The summed E-state index contributed by atoms with van der Waals surface area (Å²) in [6.07, 6.45) is 4.36. The van der Waals surface area contributed by atoms with E-state index in [1.165, 1.54) is 0 Å². The Balaban J connectivity index is 1.90. The molecule has 0 saturated carbocycles. The maximum absolute atomic E-state index is 12.7. The minimum atomic E-state index is -1.30. The normalized spacial score (nSPS) is 25.5. The zero-order valence-electron chi connectivity index (χ0n) is 12.3. The van der Waals surface area contributed by atoms with E-state index >= 15 is 0 Å². The molecule has 1 unspecified atom stereocenters. The van der Waals surface area contributed by atoms with E-state index in [9.17, 15) is 14.4 Å². The van der Waals surface area contributed by atoms with Crippen LogP contribution in [0.15, 0.2) is 12.3 Å². The number of nitrogens with zero attached hydrogens (tertiary/aromatic N) is 2. The van der Waals surface area contributed by atoms with Gasteiger partial charge in [0.2, 0.25) is 11.8 Å². The minimum absolute atomic E-state index is 0.219. The zero-order valence-corrected chi connectivity index (χ0v) is 13.0. The van der Waals surface area contributed by atoms with Crippen molar-refractivity contribution < 1.29 is 14.4 Å². The number of anilines is 1. The Labute approximate surface area is 137 Å². The van der Waals surface area contributed by atoms with Crippen molar-refractivity contribution in [2.24, 2.45) is 5.41 Å². The van der Waals surface area contributed by atoms with Crippen LogP contribution in [-0.2, 0) is 16.0 Å². The number of piperidine rings is 1. The number of imide groups is 2. The van der Waals surface area contributed by atoms with Crippen LogP contribution in [0.2, 0.25) is 5.15 Å². The summed E-state index contributed by atoms with van der Waals surface area (Å²) >= 11 is 6.28. The second-order valence-corrected chi connectivity index (χ2v) is 6.56. The van der Waals surface area contributed by atoms with Crippen molar-refractivity contribution >= 4 is 35.1 Å². The van der Waals surface area contributed by atoms with Crippen LogP contribution in [-0.4, -0.2) is 35.4 Å². The monoisotopic (exact) mass is 334 g/mol. The Morgan fingerprint density at radius 3 is 2.70 bits per heavy atom. The molecule has 4 rings (SSSR count). The average molecular weight is 335 g/mol. The highest BCUT2D eigenvalue weighted by atomic mass is 35.5. The molecule has 4 heterocycles. The van der Waals surface area contributed by atoms with Crippen LogP contribution < -0.4 is 15.5 Å². The predicted octanol–water partition coefficient (Wildman–Crippen LogP) is 1.00. The molecular weight excluding hydrogens is 320 g/mol. The molecule has 1 spiro atoms. The summed E-state index contributed by atoms with van der Waals surface area (Å²) < 4.78 is 0. The van der Waals surface area contributed by atoms with Crippen molar-refractivity contribution in [3.05, 3.63) is 23.0 Å². The Bertz CT molecular complexity index is 715. The molecule has 1 atom stereocenters. The third-order valence-corrected chi connectivity index (χ3v) is 5.33. The molecule has 2 saturated heterocycles. The van der Waals surface area contributed by atoms with Gasteiger partial charge in [0.1, 0.15) is 0 Å². The number of urea groups is 1. The second-order valence-electron chi connectivity index (χ2n) is 6.20. The van der Waals surface area contributed by atoms with Crippen molar-refractivity contribution in [2.45, 2.75) is 31.7 Å². The summed E-state index contributed by atoms with van der Waals surface area (Å²) in [7, 11) is 0. The molecule has 23 heavy (non-hydrogen) atoms. The van der Waals surface area contributed by atoms with Gasteiger partial charge in [-0.15, -0.1) is 0 Å². The van der Waals surface area contributed by atoms with Crippen LogP contribution >= 0.6 is 11.6 Å². The number of carbonyl (C=O) groups excluding carboxylic acids is 3. The van der Waals surface area contributed by atoms with Gasteiger partial charge in [-0.05, 0) is 37.3 Å². The van der Waals surface area contributed by atoms with Gasteiger partial charge in [-0.2, -0.15) is 0 Å². The molecule has 1 aromatic rings. The van der Waals surface area contributed by atoms with Crippen molar-refractivity contribution in [1.29, 1.82) is 0 Å². The van der Waals surface area contributed by atoms with Crippen LogP contribution in [0.3, 0.4) is 0 Å². The highest BCUT2D eigenvalue weighted by Crippen LogP contribution is 2.48. The molecule has 0 bridgehead atoms. The highest BCUT2D eigenvalue weighted by molar-refractivity contribution is 6.32. The maximum atomic E-state index is 12.7. The third-order valence-electron chi connectivity index (χ3n) is 5.06. The molecule has 0 aromatic carbocycles. The van der Waals surface area contributed by atoms with E-state index in [0.717, 1.165) is 24.1 Å². The standard InChI is InChI=1S/C15H15ClN4O3/c16-11-10-8(4-5-17-11)7-15(9-3-1-2-6-20(9)10)12(21)18-14(23)19-13(15)22/h4-5,9H,1-3,6-7H2,(H2,18,19,21,22,23). The average Bonchev–Trinajstić information content (AvgIpc) is 2.52. The van der Waals surface area contributed by atoms with Gasteiger partial charge in [0, 0.05) is 12.7 Å². The van der Waals surface area contributed by atoms with Gasteiger partial charge < -0.3 is 4.90 Å². The molecule has 1 aromatic heterocycles. The summed E-state index contributed by atoms with van der Waals surface area (Å²) in [4.78, 5) is 43.0. The lowest BCUT2D eigenvalue weighted by molar-refractivity contribution is -0.146. The van der Waals surface area contributed by atoms with Gasteiger partial charge >= 0.3 is 6.03 Å². The number of nitrogens with one attached hydrogen (secondary N) is 2. The molecule has 2 fully saturated rings. The van der Waals surface area contributed by atoms with E-state index < -0.39 is 23.3 Å². The molecule has 7 nitrogen and oxygen atoms in total. The van der Waals surface area contributed by atoms with Gasteiger partial charge in [0.15, 0.2) is 10.6 Å². The van der Waals surface area contributed by atoms with E-state index in [4.69, 9.17) is 11.6 Å². The van der Waals surface area contributed by atoms with Crippen molar-refractivity contribution in [3.63, 3.8) is 0 Å². The first-order valence-electron chi connectivity index (χ1n) is 7.61. The van der Waals surface area contributed by atoms with Crippen molar-refractivity contribution in [2.75, 3.05) is 11.4 Å². The number of hydrogen-bond acceptors (Lipinski definition) is 5. The van der Waals surface area contributed by atoms with E-state index in [0.29, 0.717) is 18.1 Å². The molecule has 3 aliphatic rings. The number of fused-ring (bicyclic) bond motifs is 4. The lowest BCUT2D eigenvalue weighted by atomic mass is 9.66. The van der Waals surface area contributed by atoms with Gasteiger partial charge in [-0.25, -0.2) is 9.78 Å². The topological polar surface area (TPSA) is 91.4 Å². The molecular formula is C15H15ClN4O3. The molecule has 4 amide bonds. The third kappa shape index (κ3) is 1.89. The summed E-state index contributed by atoms with van der Waals surface area (Å²) in [5.41, 5.74) is 0.316. The van der Waals surface area contributed by atoms with Crippen LogP contribution in [0.4, 0.5) is 10.5 Å². The first-order chi connectivity index (χ1) is 11.0. The number of aromatic nitrogens is 1. The lowest BCUT2D eigenvalue weighted by Gasteiger charge is -2.52. The van der Waals surface area contributed by atoms with Crippen LogP contribution in [0, 0.1) is 5.41 Å². The van der Waals surface area contributed by atoms with Gasteiger partial charge in [0.05, 0.1) is 11.7 Å². The predicted molar refractivity (Wildman–Crippen MR) is 82.1 cm³/mol. The fourth-order valence-corrected chi connectivity index (χ4v) is 4.35. The number of hydrogen-bond donors (Lipinski definition) is 2. The van der Waals surface area contributed by atoms with Crippen molar-refractivity contribution in [3.8, 4) is 0 Å². The van der Waals surface area contributed by atoms with E-state index in [2.05, 4.69) is 15.6 Å². The smallest absolute Gasteiger partial charge is 0.328 e. The summed E-state index contributed by atoms with van der Waals surface area (Å²) in [6, 6.07) is 0.704. The van der Waals surface area contributed by atoms with E-state index in [1.54, 1.807) is 12.3 Å². The fourth-order valence-electron chi connectivity index (χ4n) is 4.07. The summed E-state index contributed by atoms with van der Waals surface area (Å²) in [5, 5.41) is 4.91. The Morgan fingerprint density at radius 1 is 1.22 bits per heavy atom. The first kappa shape index (κ1) is 14.4. The Hall–Kier alpha value is -2.15. The summed E-state index contributed by atoms with van der Waals surface area (Å²) in [5.74, 6) is -1.05. The van der Waals surface area contributed by atoms with Crippen LogP contribution in [0.25, 0.3) is 0 Å². The van der Waals surface area contributed by atoms with Crippen LogP contribution in [0.5, 0.6) is 0 Å². The lowest BCUT2D eigenvalue weighted by Crippen LogP contribution is -2.72. The molecule has 8 heteroatoms. The zero-order chi connectivity index (χ0) is 16.2. The van der Waals surface area contributed by atoms with E-state index in [-0.39, 0.29) is 12.5 Å². The number of amides is 4. The minimum Gasteiger partial charge on any atom is -0.364 e. The van der Waals surface area contributed by atoms with Gasteiger partial charge in [-0.3, -0.25) is 20.2 Å². The molecule has 2 N–H and O–H groups in total. The first-order valence-corrected chi connectivity index (χ1v) is 7.99. The molecule has 120 valence electrons. The quantitative estimate of drug-likeness (QED) is 0.545. The molecule has 3 aliphatic heterocycles. The molecule has 0 radical (unpaired) electrons.